The van der Waals surface area contributed by atoms with Crippen LogP contribution in [0.4, 0.5) is 10.2 Å². The summed E-state index contributed by atoms with van der Waals surface area (Å²) in [5.74, 6) is -0.380. The molecule has 3 atom stereocenters. The average molecular weight is 302 g/mol. The third-order valence-corrected chi connectivity index (χ3v) is 3.17. The maximum absolute atomic E-state index is 13.0. The second kappa shape index (κ2) is 4.54. The number of aliphatic hydroxyl groups is 2. The molecule has 1 saturated heterocycles. The van der Waals surface area contributed by atoms with Gasteiger partial charge in [0.25, 0.3) is 0 Å². The smallest absolute Gasteiger partial charge is 0.229 e. The molecule has 2 aromatic heterocycles. The second-order valence-corrected chi connectivity index (χ2v) is 4.48. The fourth-order valence-electron chi connectivity index (χ4n) is 2.01. The Kier molecular flexibility index (Phi) is 2.96. The number of ether oxygens (including phenoxy) is 1. The van der Waals surface area contributed by atoms with Gasteiger partial charge in [-0.25, -0.2) is 15.0 Å². The number of imidazole rings is 1. The number of aliphatic hydroxyl groups excluding tert-OH is 2. The molecule has 0 unspecified atom stereocenters. The van der Waals surface area contributed by atoms with E-state index >= 15 is 0 Å². The Morgan fingerprint density at radius 2 is 2.15 bits per heavy atom. The molecule has 20 heavy (non-hydrogen) atoms. The van der Waals surface area contributed by atoms with E-state index < -0.39 is 29.5 Å². The minimum atomic E-state index is -1.57. The SMILES string of the molecule is Nc1ncnc2c1ncn2[C@@H]1O/C(=C(/F)Cl)[C@@H](O)[C@H]1O. The van der Waals surface area contributed by atoms with Crippen molar-refractivity contribution >= 4 is 28.6 Å². The first kappa shape index (κ1) is 13.0. The van der Waals surface area contributed by atoms with Gasteiger partial charge in [-0.05, 0) is 11.6 Å². The predicted octanol–water partition coefficient (Wildman–Crippen LogP) is 0.0365. The standard InChI is InChI=1S/C10H9ClFN5O3/c11-7(12)6-4(18)5(19)10(20-6)17-2-16-3-8(13)14-1-15-9(3)17/h1-2,4-5,10,18-19H,(H2,13,14,15)/b7-6+/t4-,5+,10+/m0/s1. The molecule has 3 rings (SSSR count). The van der Waals surface area contributed by atoms with Crippen molar-refractivity contribution in [3.05, 3.63) is 23.7 Å². The van der Waals surface area contributed by atoms with Crippen LogP contribution in [-0.4, -0.2) is 41.9 Å². The van der Waals surface area contributed by atoms with Gasteiger partial charge >= 0.3 is 0 Å². The van der Waals surface area contributed by atoms with Crippen LogP contribution in [-0.2, 0) is 4.74 Å². The van der Waals surface area contributed by atoms with Crippen molar-refractivity contribution < 1.29 is 19.3 Å². The quantitative estimate of drug-likeness (QED) is 0.680. The summed E-state index contributed by atoms with van der Waals surface area (Å²) in [4.78, 5) is 11.7. The molecule has 3 heterocycles. The van der Waals surface area contributed by atoms with Crippen molar-refractivity contribution in [2.24, 2.45) is 0 Å². The Morgan fingerprint density at radius 1 is 1.40 bits per heavy atom. The van der Waals surface area contributed by atoms with Crippen LogP contribution in [0.2, 0.25) is 0 Å². The summed E-state index contributed by atoms with van der Waals surface area (Å²) in [5.41, 5.74) is 6.23. The van der Waals surface area contributed by atoms with Crippen LogP contribution in [0.1, 0.15) is 6.23 Å². The minimum Gasteiger partial charge on any atom is -0.465 e. The number of nitrogen functional groups attached to an aromatic ring is 1. The number of nitrogens with zero attached hydrogens (tertiary/aromatic N) is 4. The molecular weight excluding hydrogens is 293 g/mol. The Morgan fingerprint density at radius 3 is 2.80 bits per heavy atom. The number of fused-ring (bicyclic) bond motifs is 1. The summed E-state index contributed by atoms with van der Waals surface area (Å²) >= 11 is 5.16. The van der Waals surface area contributed by atoms with Gasteiger partial charge in [0.05, 0.1) is 0 Å². The maximum Gasteiger partial charge on any atom is 0.229 e. The molecule has 0 spiro atoms. The highest BCUT2D eigenvalue weighted by Crippen LogP contribution is 2.36. The predicted molar refractivity (Wildman–Crippen MR) is 65.9 cm³/mol. The number of hydrogen-bond donors (Lipinski definition) is 3. The van der Waals surface area contributed by atoms with Crippen molar-refractivity contribution in [2.75, 3.05) is 5.73 Å². The Hall–Kier alpha value is -1.97. The zero-order valence-electron chi connectivity index (χ0n) is 9.81. The Labute approximate surface area is 116 Å². The van der Waals surface area contributed by atoms with E-state index in [1.165, 1.54) is 17.2 Å². The molecule has 1 aliphatic heterocycles. The lowest BCUT2D eigenvalue weighted by Crippen LogP contribution is -2.27. The zero-order valence-corrected chi connectivity index (χ0v) is 10.6. The number of nitrogens with two attached hydrogens (primary N) is 1. The summed E-state index contributed by atoms with van der Waals surface area (Å²) in [5, 5.41) is 18.4. The van der Waals surface area contributed by atoms with Crippen LogP contribution >= 0.6 is 11.6 Å². The van der Waals surface area contributed by atoms with E-state index in [-0.39, 0.29) is 11.5 Å². The Balaban J connectivity index is 2.09. The van der Waals surface area contributed by atoms with Crippen LogP contribution in [0.25, 0.3) is 11.2 Å². The monoisotopic (exact) mass is 301 g/mol. The molecule has 8 nitrogen and oxygen atoms in total. The van der Waals surface area contributed by atoms with Gasteiger partial charge < -0.3 is 20.7 Å². The van der Waals surface area contributed by atoms with Gasteiger partial charge in [0.15, 0.2) is 17.2 Å². The van der Waals surface area contributed by atoms with E-state index in [2.05, 4.69) is 15.0 Å². The molecule has 4 N–H and O–H groups in total. The van der Waals surface area contributed by atoms with Gasteiger partial charge in [-0.15, -0.1) is 0 Å². The van der Waals surface area contributed by atoms with Crippen molar-refractivity contribution in [1.82, 2.24) is 19.5 Å². The fraction of sp³-hybridized carbons (Fsp3) is 0.300. The molecule has 0 radical (unpaired) electrons. The molecule has 0 saturated carbocycles. The zero-order chi connectivity index (χ0) is 14.4. The van der Waals surface area contributed by atoms with Crippen LogP contribution in [0.15, 0.2) is 23.7 Å². The first-order valence-corrected chi connectivity index (χ1v) is 5.89. The molecule has 106 valence electrons. The first-order chi connectivity index (χ1) is 9.50. The lowest BCUT2D eigenvalue weighted by Gasteiger charge is -2.15. The molecule has 0 bridgehead atoms. The van der Waals surface area contributed by atoms with Gasteiger partial charge in [-0.1, -0.05) is 0 Å². The molecule has 1 aliphatic rings. The molecule has 0 aliphatic carbocycles. The summed E-state index contributed by atoms with van der Waals surface area (Å²) in [6, 6.07) is 0. The Bertz CT molecular complexity index is 701. The van der Waals surface area contributed by atoms with E-state index in [0.29, 0.717) is 5.52 Å². The highest BCUT2D eigenvalue weighted by molar-refractivity contribution is 6.28. The number of aromatic nitrogens is 4. The molecule has 0 aromatic carbocycles. The van der Waals surface area contributed by atoms with Gasteiger partial charge in [-0.2, -0.15) is 4.39 Å². The maximum atomic E-state index is 13.0. The van der Waals surface area contributed by atoms with Gasteiger partial charge in [-0.3, -0.25) is 4.57 Å². The van der Waals surface area contributed by atoms with Gasteiger partial charge in [0, 0.05) is 0 Å². The summed E-state index contributed by atoms with van der Waals surface area (Å²) in [6.07, 6.45) is -1.61. The summed E-state index contributed by atoms with van der Waals surface area (Å²) in [7, 11) is 0. The fourth-order valence-corrected chi connectivity index (χ4v) is 2.17. The highest BCUT2D eigenvalue weighted by Gasteiger charge is 2.43. The van der Waals surface area contributed by atoms with Gasteiger partial charge in [0.2, 0.25) is 11.5 Å². The van der Waals surface area contributed by atoms with Crippen molar-refractivity contribution in [1.29, 1.82) is 0 Å². The molecule has 1 fully saturated rings. The number of anilines is 1. The number of halogens is 2. The molecule has 0 amide bonds. The van der Waals surface area contributed by atoms with E-state index in [0.717, 1.165) is 0 Å². The van der Waals surface area contributed by atoms with E-state index in [4.69, 9.17) is 22.1 Å². The molecular formula is C10H9ClFN5O3. The first-order valence-electron chi connectivity index (χ1n) is 5.51. The van der Waals surface area contributed by atoms with E-state index in [1.807, 2.05) is 0 Å². The third kappa shape index (κ3) is 1.79. The lowest BCUT2D eigenvalue weighted by atomic mass is 10.2. The van der Waals surface area contributed by atoms with Crippen molar-refractivity contribution in [3.8, 4) is 0 Å². The number of hydrogen-bond acceptors (Lipinski definition) is 7. The summed E-state index contributed by atoms with van der Waals surface area (Å²) < 4.78 is 19.4. The minimum absolute atomic E-state index is 0.154. The van der Waals surface area contributed by atoms with Crippen molar-refractivity contribution in [3.63, 3.8) is 0 Å². The van der Waals surface area contributed by atoms with Crippen LogP contribution < -0.4 is 5.73 Å². The number of rotatable bonds is 1. The largest absolute Gasteiger partial charge is 0.465 e. The molecule has 2 aromatic rings. The van der Waals surface area contributed by atoms with E-state index in [1.54, 1.807) is 0 Å². The highest BCUT2D eigenvalue weighted by atomic mass is 35.5. The average Bonchev–Trinajstić information content (AvgIpc) is 2.94. The second-order valence-electron chi connectivity index (χ2n) is 4.15. The van der Waals surface area contributed by atoms with Gasteiger partial charge in [0.1, 0.15) is 30.4 Å². The van der Waals surface area contributed by atoms with Crippen LogP contribution in [0, 0.1) is 0 Å². The lowest BCUT2D eigenvalue weighted by molar-refractivity contribution is -0.0120. The topological polar surface area (TPSA) is 119 Å². The van der Waals surface area contributed by atoms with Crippen LogP contribution in [0.3, 0.4) is 0 Å². The van der Waals surface area contributed by atoms with E-state index in [9.17, 15) is 14.6 Å². The normalized spacial score (nSPS) is 28.7. The summed E-state index contributed by atoms with van der Waals surface area (Å²) in [6.45, 7) is 0. The van der Waals surface area contributed by atoms with Crippen LogP contribution in [0.5, 0.6) is 0 Å². The molecule has 10 heteroatoms. The van der Waals surface area contributed by atoms with Crippen molar-refractivity contribution in [2.45, 2.75) is 18.4 Å². The third-order valence-electron chi connectivity index (χ3n) is 2.98.